The van der Waals surface area contributed by atoms with E-state index in [4.69, 9.17) is 5.26 Å². The summed E-state index contributed by atoms with van der Waals surface area (Å²) in [4.78, 5) is 16.2. The summed E-state index contributed by atoms with van der Waals surface area (Å²) in [5.74, 6) is 0. The molecule has 2 aliphatic heterocycles. The monoisotopic (exact) mass is 432 g/mol. The fraction of sp³-hybridized carbons (Fsp3) is 0.875. The summed E-state index contributed by atoms with van der Waals surface area (Å²) >= 11 is 1.53. The number of amides is 2. The van der Waals surface area contributed by atoms with E-state index in [1.807, 2.05) is 13.0 Å². The van der Waals surface area contributed by atoms with Crippen molar-refractivity contribution in [1.29, 1.82) is 5.26 Å². The van der Waals surface area contributed by atoms with Crippen molar-refractivity contribution >= 4 is 27.8 Å². The highest BCUT2D eigenvalue weighted by atomic mass is 32.2. The van der Waals surface area contributed by atoms with Crippen molar-refractivity contribution in [3.8, 4) is 6.07 Å². The van der Waals surface area contributed by atoms with E-state index >= 15 is 0 Å². The molecule has 2 heterocycles. The lowest BCUT2D eigenvalue weighted by Gasteiger charge is -2.37. The molecule has 2 aliphatic carbocycles. The number of hydrazine groups is 1. The standard InChI is InChI=1S/C16H25FN6O3S2/c1-10-19-20-14(27-10)23-13-8-11(28(25,26)21-16(9-17)4-5-16)2-3-12(13)22(7-6-18)15(23)24/h10-14,19-21H,2-5,7-9H2,1H3. The van der Waals surface area contributed by atoms with Gasteiger partial charge in [-0.3, -0.25) is 4.90 Å². The molecule has 2 amide bonds. The Morgan fingerprint density at radius 1 is 1.36 bits per heavy atom. The van der Waals surface area contributed by atoms with E-state index in [0.29, 0.717) is 25.7 Å². The maximum absolute atomic E-state index is 13.2. The molecule has 0 aromatic heterocycles. The zero-order chi connectivity index (χ0) is 20.1. The minimum Gasteiger partial charge on any atom is -0.306 e. The number of carbonyl (C=O) groups is 1. The SMILES string of the molecule is CC1NNC(N2C(=O)N(CC#N)C3CCC(S(=O)(=O)NC4(CF)CC4)CC32)S1. The minimum absolute atomic E-state index is 0.0164. The summed E-state index contributed by atoms with van der Waals surface area (Å²) in [5, 5.41) is 8.56. The van der Waals surface area contributed by atoms with E-state index in [1.54, 1.807) is 9.80 Å². The van der Waals surface area contributed by atoms with Crippen LogP contribution in [0.3, 0.4) is 0 Å². The molecule has 0 spiro atoms. The first-order valence-corrected chi connectivity index (χ1v) is 12.0. The molecular formula is C16H25FN6O3S2. The minimum atomic E-state index is -3.69. The lowest BCUT2D eigenvalue weighted by atomic mass is 9.90. The van der Waals surface area contributed by atoms with E-state index in [9.17, 15) is 17.6 Å². The van der Waals surface area contributed by atoms with Gasteiger partial charge in [-0.2, -0.15) is 5.26 Å². The Morgan fingerprint density at radius 3 is 2.68 bits per heavy atom. The second-order valence-corrected chi connectivity index (χ2v) is 11.4. The quantitative estimate of drug-likeness (QED) is 0.521. The number of thioether (sulfide) groups is 1. The van der Waals surface area contributed by atoms with Gasteiger partial charge in [-0.1, -0.05) is 0 Å². The van der Waals surface area contributed by atoms with E-state index in [-0.39, 0.29) is 42.0 Å². The smallest absolute Gasteiger partial charge is 0.306 e. The largest absolute Gasteiger partial charge is 0.323 e. The van der Waals surface area contributed by atoms with Crippen molar-refractivity contribution in [3.05, 3.63) is 0 Å². The van der Waals surface area contributed by atoms with Crippen molar-refractivity contribution in [2.75, 3.05) is 13.2 Å². The molecule has 9 nitrogen and oxygen atoms in total. The van der Waals surface area contributed by atoms with Gasteiger partial charge in [0.15, 0.2) is 0 Å². The van der Waals surface area contributed by atoms with E-state index < -0.39 is 27.5 Å². The van der Waals surface area contributed by atoms with E-state index in [1.165, 1.54) is 11.8 Å². The lowest BCUT2D eigenvalue weighted by molar-refractivity contribution is 0.171. The molecule has 4 fully saturated rings. The molecular weight excluding hydrogens is 407 g/mol. The van der Waals surface area contributed by atoms with Crippen LogP contribution in [0.25, 0.3) is 0 Å². The number of sulfonamides is 1. The van der Waals surface area contributed by atoms with Crippen LogP contribution in [0.15, 0.2) is 0 Å². The van der Waals surface area contributed by atoms with Crippen LogP contribution >= 0.6 is 11.8 Å². The summed E-state index contributed by atoms with van der Waals surface area (Å²) in [6.45, 7) is 1.25. The maximum atomic E-state index is 13.2. The van der Waals surface area contributed by atoms with Gasteiger partial charge in [-0.05, 0) is 39.0 Å². The summed E-state index contributed by atoms with van der Waals surface area (Å²) < 4.78 is 41.5. The zero-order valence-corrected chi connectivity index (χ0v) is 17.2. The Labute approximate surface area is 168 Å². The van der Waals surface area contributed by atoms with Crippen molar-refractivity contribution < 1.29 is 17.6 Å². The second kappa shape index (κ2) is 7.28. The number of nitriles is 1. The number of hydrogen-bond acceptors (Lipinski definition) is 7. The molecule has 28 heavy (non-hydrogen) atoms. The van der Waals surface area contributed by atoms with Gasteiger partial charge in [0.05, 0.1) is 34.3 Å². The highest BCUT2D eigenvalue weighted by Gasteiger charge is 2.55. The highest BCUT2D eigenvalue weighted by Crippen LogP contribution is 2.42. The van der Waals surface area contributed by atoms with E-state index in [2.05, 4.69) is 15.6 Å². The molecule has 12 heteroatoms. The Kier molecular flexibility index (Phi) is 5.24. The number of hydrogen-bond donors (Lipinski definition) is 3. The molecule has 4 rings (SSSR count). The molecule has 156 valence electrons. The molecule has 4 aliphatic rings. The van der Waals surface area contributed by atoms with Crippen LogP contribution in [0.2, 0.25) is 0 Å². The Morgan fingerprint density at radius 2 is 2.11 bits per heavy atom. The third kappa shape index (κ3) is 3.47. The van der Waals surface area contributed by atoms with Gasteiger partial charge in [-0.15, -0.1) is 11.8 Å². The Balaban J connectivity index is 1.55. The third-order valence-corrected chi connectivity index (χ3v) is 9.25. The van der Waals surface area contributed by atoms with Crippen molar-refractivity contribution in [2.45, 2.75) is 72.8 Å². The topological polar surface area (TPSA) is 118 Å². The first kappa shape index (κ1) is 20.2. The van der Waals surface area contributed by atoms with Gasteiger partial charge in [0.2, 0.25) is 10.0 Å². The second-order valence-electron chi connectivity index (χ2n) is 8.03. The normalized spacial score (nSPS) is 37.0. The number of rotatable bonds is 6. The predicted molar refractivity (Wildman–Crippen MR) is 102 cm³/mol. The number of nitrogens with one attached hydrogen (secondary N) is 3. The average Bonchev–Trinajstić information content (AvgIpc) is 3.20. The van der Waals surface area contributed by atoms with Crippen LogP contribution in [0.1, 0.15) is 39.0 Å². The van der Waals surface area contributed by atoms with Crippen LogP contribution in [0.5, 0.6) is 0 Å². The number of halogens is 1. The maximum Gasteiger partial charge on any atom is 0.323 e. The number of urea groups is 1. The number of nitrogens with zero attached hydrogens (tertiary/aromatic N) is 3. The molecule has 0 aromatic rings. The van der Waals surface area contributed by atoms with Crippen LogP contribution in [0, 0.1) is 11.3 Å². The first-order chi connectivity index (χ1) is 13.3. The van der Waals surface area contributed by atoms with Crippen LogP contribution in [-0.2, 0) is 10.0 Å². The number of fused-ring (bicyclic) bond motifs is 1. The third-order valence-electron chi connectivity index (χ3n) is 6.10. The van der Waals surface area contributed by atoms with Crippen molar-refractivity contribution in [1.82, 2.24) is 25.4 Å². The lowest BCUT2D eigenvalue weighted by Crippen LogP contribution is -2.54. The number of carbonyl (C=O) groups excluding carboxylic acids is 1. The van der Waals surface area contributed by atoms with Crippen LogP contribution < -0.4 is 15.6 Å². The van der Waals surface area contributed by atoms with Gasteiger partial charge in [0, 0.05) is 0 Å². The van der Waals surface area contributed by atoms with Gasteiger partial charge >= 0.3 is 6.03 Å². The Bertz CT molecular complexity index is 786. The molecule has 0 aromatic carbocycles. The summed E-state index contributed by atoms with van der Waals surface area (Å²) in [6.07, 6.45) is 2.22. The van der Waals surface area contributed by atoms with E-state index in [0.717, 1.165) is 0 Å². The Hall–Kier alpha value is -1.13. The highest BCUT2D eigenvalue weighted by molar-refractivity contribution is 8.00. The molecule has 5 unspecified atom stereocenters. The molecule has 2 saturated heterocycles. The molecule has 0 radical (unpaired) electrons. The van der Waals surface area contributed by atoms with Gasteiger partial charge in [0.1, 0.15) is 18.7 Å². The van der Waals surface area contributed by atoms with Gasteiger partial charge < -0.3 is 4.90 Å². The zero-order valence-electron chi connectivity index (χ0n) is 15.6. The van der Waals surface area contributed by atoms with Crippen LogP contribution in [-0.4, -0.2) is 71.2 Å². The fourth-order valence-corrected chi connectivity index (χ4v) is 7.35. The number of alkyl halides is 1. The molecule has 5 atom stereocenters. The predicted octanol–water partition coefficient (Wildman–Crippen LogP) is 0.429. The van der Waals surface area contributed by atoms with Gasteiger partial charge in [0.25, 0.3) is 0 Å². The molecule has 0 bridgehead atoms. The van der Waals surface area contributed by atoms with Crippen molar-refractivity contribution in [3.63, 3.8) is 0 Å². The average molecular weight is 433 g/mol. The van der Waals surface area contributed by atoms with Crippen molar-refractivity contribution in [2.24, 2.45) is 0 Å². The van der Waals surface area contributed by atoms with Crippen LogP contribution in [0.4, 0.5) is 9.18 Å². The fourth-order valence-electron chi connectivity index (χ4n) is 4.39. The van der Waals surface area contributed by atoms with Gasteiger partial charge in [-0.25, -0.2) is 33.2 Å². The summed E-state index contributed by atoms with van der Waals surface area (Å²) in [5.41, 5.74) is 4.89. The molecule has 2 saturated carbocycles. The summed E-state index contributed by atoms with van der Waals surface area (Å²) in [7, 11) is -3.69. The first-order valence-electron chi connectivity index (χ1n) is 9.51. The molecule has 3 N–H and O–H groups in total. The summed E-state index contributed by atoms with van der Waals surface area (Å²) in [6, 6.07) is 1.30.